The van der Waals surface area contributed by atoms with Crippen LogP contribution in [0.15, 0.2) is 42.5 Å². The van der Waals surface area contributed by atoms with Crippen LogP contribution in [0.3, 0.4) is 0 Å². The summed E-state index contributed by atoms with van der Waals surface area (Å²) in [6, 6.07) is 13.8. The van der Waals surface area contributed by atoms with Crippen LogP contribution >= 0.6 is 0 Å². The Morgan fingerprint density at radius 3 is 2.69 bits per heavy atom. The molecule has 0 saturated carbocycles. The number of nitriles is 1. The highest BCUT2D eigenvalue weighted by molar-refractivity contribution is 5.59. The van der Waals surface area contributed by atoms with Crippen LogP contribution in [0, 0.1) is 17.1 Å². The van der Waals surface area contributed by atoms with Crippen LogP contribution in [0.4, 0.5) is 4.39 Å². The number of aromatic nitrogens is 1. The lowest BCUT2D eigenvalue weighted by atomic mass is 10.1. The number of hydrogen-bond donors (Lipinski definition) is 0. The highest BCUT2D eigenvalue weighted by Crippen LogP contribution is 2.20. The molecule has 2 nitrogen and oxygen atoms in total. The zero-order chi connectivity index (χ0) is 11.4. The first-order valence-electron chi connectivity index (χ1n) is 4.89. The first kappa shape index (κ1) is 10.3. The van der Waals surface area contributed by atoms with Crippen molar-refractivity contribution in [3.05, 3.63) is 54.0 Å². The van der Waals surface area contributed by atoms with Crippen molar-refractivity contribution in [3.63, 3.8) is 0 Å². The standard InChI is InChI=1S/C13H9FN2/c14-12-6-2-1-5-11(12)13-7-3-4-10(16-13)8-9-15/h1-7H,8H2. The van der Waals surface area contributed by atoms with Crippen LogP contribution in [0.5, 0.6) is 0 Å². The van der Waals surface area contributed by atoms with Crippen LogP contribution in [0.2, 0.25) is 0 Å². The van der Waals surface area contributed by atoms with Crippen molar-refractivity contribution in [1.82, 2.24) is 4.98 Å². The Kier molecular flexibility index (Phi) is 2.93. The Morgan fingerprint density at radius 1 is 1.12 bits per heavy atom. The summed E-state index contributed by atoms with van der Waals surface area (Å²) in [5.74, 6) is -0.302. The zero-order valence-corrected chi connectivity index (χ0v) is 8.52. The lowest BCUT2D eigenvalue weighted by Crippen LogP contribution is -1.92. The van der Waals surface area contributed by atoms with Crippen LogP contribution in [-0.2, 0) is 6.42 Å². The van der Waals surface area contributed by atoms with Gasteiger partial charge in [-0.2, -0.15) is 5.26 Å². The van der Waals surface area contributed by atoms with Crippen molar-refractivity contribution in [2.45, 2.75) is 6.42 Å². The van der Waals surface area contributed by atoms with E-state index in [4.69, 9.17) is 5.26 Å². The molecule has 0 aliphatic carbocycles. The fraction of sp³-hybridized carbons (Fsp3) is 0.0769. The third-order valence-corrected chi connectivity index (χ3v) is 2.22. The maximum absolute atomic E-state index is 13.5. The predicted octanol–water partition coefficient (Wildman–Crippen LogP) is 2.95. The molecule has 0 fully saturated rings. The van der Waals surface area contributed by atoms with E-state index in [-0.39, 0.29) is 12.2 Å². The van der Waals surface area contributed by atoms with E-state index in [1.807, 2.05) is 6.07 Å². The van der Waals surface area contributed by atoms with E-state index in [0.717, 1.165) is 0 Å². The maximum Gasteiger partial charge on any atom is 0.132 e. The lowest BCUT2D eigenvalue weighted by Gasteiger charge is -2.03. The van der Waals surface area contributed by atoms with Crippen molar-refractivity contribution >= 4 is 0 Å². The highest BCUT2D eigenvalue weighted by Gasteiger charge is 2.05. The van der Waals surface area contributed by atoms with Crippen molar-refractivity contribution < 1.29 is 4.39 Å². The molecule has 1 heterocycles. The second kappa shape index (κ2) is 4.54. The third kappa shape index (κ3) is 2.06. The lowest BCUT2D eigenvalue weighted by molar-refractivity contribution is 0.630. The number of hydrogen-bond acceptors (Lipinski definition) is 2. The number of pyridine rings is 1. The highest BCUT2D eigenvalue weighted by atomic mass is 19.1. The van der Waals surface area contributed by atoms with E-state index in [9.17, 15) is 4.39 Å². The molecule has 1 aromatic carbocycles. The minimum atomic E-state index is -0.302. The molecule has 0 unspecified atom stereocenters. The molecule has 0 atom stereocenters. The monoisotopic (exact) mass is 212 g/mol. The quantitative estimate of drug-likeness (QED) is 0.767. The molecule has 0 bridgehead atoms. The third-order valence-electron chi connectivity index (χ3n) is 2.22. The predicted molar refractivity (Wildman–Crippen MR) is 58.9 cm³/mol. The summed E-state index contributed by atoms with van der Waals surface area (Å²) in [4.78, 5) is 4.23. The molecular formula is C13H9FN2. The molecule has 0 spiro atoms. The molecule has 16 heavy (non-hydrogen) atoms. The summed E-state index contributed by atoms with van der Waals surface area (Å²) in [7, 11) is 0. The Morgan fingerprint density at radius 2 is 1.94 bits per heavy atom. The van der Waals surface area contributed by atoms with Gasteiger partial charge in [-0.15, -0.1) is 0 Å². The number of halogens is 1. The SMILES string of the molecule is N#CCc1cccc(-c2ccccc2F)n1. The van der Waals surface area contributed by atoms with Gasteiger partial charge in [0.2, 0.25) is 0 Å². The molecular weight excluding hydrogens is 203 g/mol. The Bertz CT molecular complexity index is 544. The van der Waals surface area contributed by atoms with Gasteiger partial charge in [0.05, 0.1) is 23.9 Å². The van der Waals surface area contributed by atoms with Gasteiger partial charge < -0.3 is 0 Å². The average molecular weight is 212 g/mol. The Balaban J connectivity index is 2.45. The Labute approximate surface area is 93.0 Å². The van der Waals surface area contributed by atoms with E-state index in [1.54, 1.807) is 36.4 Å². The molecule has 2 aromatic rings. The molecule has 0 radical (unpaired) electrons. The summed E-state index contributed by atoms with van der Waals surface area (Å²) in [5.41, 5.74) is 1.68. The number of benzene rings is 1. The summed E-state index contributed by atoms with van der Waals surface area (Å²) in [6.45, 7) is 0. The molecule has 78 valence electrons. The Hall–Kier alpha value is -2.21. The minimum absolute atomic E-state index is 0.238. The van der Waals surface area contributed by atoms with Crippen LogP contribution < -0.4 is 0 Å². The average Bonchev–Trinajstić information content (AvgIpc) is 2.30. The number of rotatable bonds is 2. The van der Waals surface area contributed by atoms with Gasteiger partial charge in [-0.25, -0.2) is 4.39 Å². The van der Waals surface area contributed by atoms with E-state index in [0.29, 0.717) is 17.0 Å². The van der Waals surface area contributed by atoms with Crippen molar-refractivity contribution in [1.29, 1.82) is 5.26 Å². The first-order valence-corrected chi connectivity index (χ1v) is 4.89. The molecule has 0 aliphatic heterocycles. The second-order valence-electron chi connectivity index (χ2n) is 3.33. The summed E-state index contributed by atoms with van der Waals surface area (Å²) in [5, 5.41) is 8.57. The van der Waals surface area contributed by atoms with E-state index in [2.05, 4.69) is 4.98 Å². The molecule has 0 saturated heterocycles. The maximum atomic E-state index is 13.5. The van der Waals surface area contributed by atoms with Gasteiger partial charge in [-0.05, 0) is 24.3 Å². The van der Waals surface area contributed by atoms with Crippen LogP contribution in [0.25, 0.3) is 11.3 Å². The molecule has 0 amide bonds. The van der Waals surface area contributed by atoms with Gasteiger partial charge in [0.25, 0.3) is 0 Å². The second-order valence-corrected chi connectivity index (χ2v) is 3.33. The zero-order valence-electron chi connectivity index (χ0n) is 8.52. The summed E-state index contributed by atoms with van der Waals surface area (Å²) < 4.78 is 13.5. The molecule has 2 rings (SSSR count). The van der Waals surface area contributed by atoms with Gasteiger partial charge >= 0.3 is 0 Å². The fourth-order valence-electron chi connectivity index (χ4n) is 1.48. The van der Waals surface area contributed by atoms with Gasteiger partial charge in [-0.1, -0.05) is 18.2 Å². The van der Waals surface area contributed by atoms with Crippen molar-refractivity contribution in [2.24, 2.45) is 0 Å². The molecule has 1 aromatic heterocycles. The minimum Gasteiger partial charge on any atom is -0.252 e. The summed E-state index contributed by atoms with van der Waals surface area (Å²) >= 11 is 0. The largest absolute Gasteiger partial charge is 0.252 e. The van der Waals surface area contributed by atoms with Crippen molar-refractivity contribution in [2.75, 3.05) is 0 Å². The fourth-order valence-corrected chi connectivity index (χ4v) is 1.48. The van der Waals surface area contributed by atoms with Crippen LogP contribution in [-0.4, -0.2) is 4.98 Å². The smallest absolute Gasteiger partial charge is 0.132 e. The van der Waals surface area contributed by atoms with Crippen LogP contribution in [0.1, 0.15) is 5.69 Å². The number of nitrogens with zero attached hydrogens (tertiary/aromatic N) is 2. The van der Waals surface area contributed by atoms with Crippen molar-refractivity contribution in [3.8, 4) is 17.3 Å². The van der Waals surface area contributed by atoms with Gasteiger partial charge in [0.15, 0.2) is 0 Å². The van der Waals surface area contributed by atoms with Gasteiger partial charge in [0.1, 0.15) is 5.82 Å². The topological polar surface area (TPSA) is 36.7 Å². The van der Waals surface area contributed by atoms with E-state index >= 15 is 0 Å². The molecule has 0 N–H and O–H groups in total. The molecule has 3 heteroatoms. The van der Waals surface area contributed by atoms with Gasteiger partial charge in [0, 0.05) is 5.56 Å². The first-order chi connectivity index (χ1) is 7.81. The van der Waals surface area contributed by atoms with E-state index in [1.165, 1.54) is 6.07 Å². The van der Waals surface area contributed by atoms with E-state index < -0.39 is 0 Å². The molecule has 0 aliphatic rings. The summed E-state index contributed by atoms with van der Waals surface area (Å²) in [6.07, 6.45) is 0.238. The van der Waals surface area contributed by atoms with Gasteiger partial charge in [-0.3, -0.25) is 4.98 Å². The normalized spacial score (nSPS) is 9.75.